The molecule has 0 aromatic rings. The van der Waals surface area contributed by atoms with Crippen molar-refractivity contribution in [2.24, 2.45) is 10.9 Å². The molecule has 17 heavy (non-hydrogen) atoms. The van der Waals surface area contributed by atoms with E-state index in [1.165, 1.54) is 11.4 Å². The van der Waals surface area contributed by atoms with Gasteiger partial charge in [-0.25, -0.2) is 4.79 Å². The summed E-state index contributed by atoms with van der Waals surface area (Å²) in [5.74, 6) is -2.04. The Morgan fingerprint density at radius 1 is 1.65 bits per heavy atom. The van der Waals surface area contributed by atoms with Crippen LogP contribution in [0.2, 0.25) is 0 Å². The number of carboxylic acid groups (broad SMARTS) is 1. The number of carbonyl (C=O) groups excluding carboxylic acids is 1. The van der Waals surface area contributed by atoms with Crippen molar-refractivity contribution in [1.29, 1.82) is 0 Å². The van der Waals surface area contributed by atoms with Gasteiger partial charge in [0.2, 0.25) is 0 Å². The summed E-state index contributed by atoms with van der Waals surface area (Å²) in [5.41, 5.74) is 0. The van der Waals surface area contributed by atoms with Crippen LogP contribution in [0.15, 0.2) is 4.99 Å². The summed E-state index contributed by atoms with van der Waals surface area (Å²) in [7, 11) is 0. The molecule has 0 fully saturated rings. The summed E-state index contributed by atoms with van der Waals surface area (Å²) in [6.45, 7) is 3.04. The minimum atomic E-state index is -0.981. The molecule has 1 atom stereocenters. The molecule has 0 aromatic heterocycles. The predicted octanol–water partition coefficient (Wildman–Crippen LogP) is -2.20. The van der Waals surface area contributed by atoms with Crippen molar-refractivity contribution < 1.29 is 50.5 Å². The molecule has 1 rings (SSSR count). The molecule has 0 amide bonds. The van der Waals surface area contributed by atoms with Crippen LogP contribution in [-0.2, 0) is 14.4 Å². The first-order valence-corrected chi connectivity index (χ1v) is 5.33. The van der Waals surface area contributed by atoms with Gasteiger partial charge in [-0.05, 0) is 6.42 Å². The summed E-state index contributed by atoms with van der Waals surface area (Å²) in [4.78, 5) is 31.1. The second-order valence-corrected chi connectivity index (χ2v) is 3.66. The van der Waals surface area contributed by atoms with Gasteiger partial charge in [-0.2, -0.15) is 5.06 Å². The quantitative estimate of drug-likeness (QED) is 0.543. The van der Waals surface area contributed by atoms with Crippen LogP contribution in [0.1, 0.15) is 27.6 Å². The van der Waals surface area contributed by atoms with Crippen molar-refractivity contribution in [3.05, 3.63) is 0 Å². The number of aliphatic carboxylic acids is 1. The van der Waals surface area contributed by atoms with E-state index in [2.05, 4.69) is 4.99 Å². The number of hydrogen-bond donors (Lipinski definition) is 1. The Morgan fingerprint density at radius 3 is 2.82 bits per heavy atom. The third-order valence-corrected chi connectivity index (χ3v) is 2.26. The smallest absolute Gasteiger partial charge is 1.00 e. The molecule has 1 unspecified atom stereocenters. The molecule has 0 aliphatic carbocycles. The fourth-order valence-corrected chi connectivity index (χ4v) is 1.48. The van der Waals surface area contributed by atoms with Crippen molar-refractivity contribution in [2.45, 2.75) is 26.2 Å². The van der Waals surface area contributed by atoms with E-state index in [1.54, 1.807) is 0 Å². The molecule has 0 radical (unpaired) electrons. The minimum Gasteiger partial charge on any atom is -1.00 e. The molecule has 1 N–H and O–H groups in total. The van der Waals surface area contributed by atoms with Crippen LogP contribution >= 0.6 is 0 Å². The van der Waals surface area contributed by atoms with E-state index in [0.29, 0.717) is 19.5 Å². The zero-order valence-electron chi connectivity index (χ0n) is 11.3. The fraction of sp³-hybridized carbons (Fsp3) is 0.700. The van der Waals surface area contributed by atoms with Gasteiger partial charge in [-0.15, -0.1) is 0 Å². The molecule has 92 valence electrons. The van der Waals surface area contributed by atoms with Crippen LogP contribution in [0.25, 0.3) is 0 Å². The van der Waals surface area contributed by atoms with E-state index in [1.807, 2.05) is 6.92 Å². The average Bonchev–Trinajstić information content (AvgIpc) is 2.69. The second kappa shape index (κ2) is 8.49. The van der Waals surface area contributed by atoms with Crippen LogP contribution in [0.4, 0.5) is 0 Å². The Balaban J connectivity index is 0. The zero-order chi connectivity index (χ0) is 12.0. The maximum Gasteiger partial charge on any atom is 1.00 e. The van der Waals surface area contributed by atoms with Gasteiger partial charge in [-0.3, -0.25) is 9.79 Å². The molecule has 1 aliphatic rings. The minimum absolute atomic E-state index is 0. The van der Waals surface area contributed by atoms with Crippen LogP contribution in [-0.4, -0.2) is 41.5 Å². The summed E-state index contributed by atoms with van der Waals surface area (Å²) < 4.78 is 0. The molecule has 6 nitrogen and oxygen atoms in total. The Bertz CT molecular complexity index is 302. The average molecular weight is 252 g/mol. The van der Waals surface area contributed by atoms with Gasteiger partial charge in [0.15, 0.2) is 0 Å². The van der Waals surface area contributed by atoms with Gasteiger partial charge in [0, 0.05) is 0 Å². The van der Waals surface area contributed by atoms with Gasteiger partial charge in [0.05, 0.1) is 25.4 Å². The van der Waals surface area contributed by atoms with Gasteiger partial charge in [0.25, 0.3) is 0 Å². The van der Waals surface area contributed by atoms with E-state index in [4.69, 9.17) is 9.94 Å². The van der Waals surface area contributed by atoms with Crippen molar-refractivity contribution >= 4 is 18.3 Å². The molecule has 0 bridgehead atoms. The Morgan fingerprint density at radius 2 is 2.35 bits per heavy atom. The van der Waals surface area contributed by atoms with Crippen molar-refractivity contribution in [1.82, 2.24) is 5.06 Å². The van der Waals surface area contributed by atoms with Gasteiger partial charge in [-0.1, -0.05) is 13.3 Å². The number of carboxylic acids is 1. The maximum atomic E-state index is 11.6. The normalized spacial score (nSPS) is 15.2. The molecular weight excluding hydrogens is 235 g/mol. The first-order chi connectivity index (χ1) is 7.63. The Hall–Kier alpha value is -0.590. The van der Waals surface area contributed by atoms with Gasteiger partial charge < -0.3 is 11.4 Å². The molecule has 0 spiro atoms. The standard InChI is InChI=1S/C10H16N2O4.Na.H/c1-2-3-8(6-9(13)14)10(15)16-12-5-4-11-7-12;;/h7-8H,2-6H2,1H3,(H,13,14);;/q;+1;-1. The summed E-state index contributed by atoms with van der Waals surface area (Å²) in [5, 5.41) is 10.0. The third kappa shape index (κ3) is 6.05. The number of rotatable bonds is 6. The number of nitrogens with zero attached hydrogens (tertiary/aromatic N) is 2. The van der Waals surface area contributed by atoms with Crippen LogP contribution in [0, 0.1) is 5.92 Å². The maximum absolute atomic E-state index is 11.6. The second-order valence-electron chi connectivity index (χ2n) is 3.66. The van der Waals surface area contributed by atoms with E-state index >= 15 is 0 Å². The van der Waals surface area contributed by atoms with Gasteiger partial charge in [0.1, 0.15) is 6.34 Å². The SMILES string of the molecule is CCCC(CC(=O)O)C(=O)ON1C=NCC1.[H-].[Na+]. The van der Waals surface area contributed by atoms with E-state index in [0.717, 1.165) is 6.42 Å². The van der Waals surface area contributed by atoms with Crippen LogP contribution in [0.5, 0.6) is 0 Å². The fourth-order valence-electron chi connectivity index (χ4n) is 1.48. The van der Waals surface area contributed by atoms with Crippen molar-refractivity contribution in [2.75, 3.05) is 13.1 Å². The third-order valence-electron chi connectivity index (χ3n) is 2.26. The summed E-state index contributed by atoms with van der Waals surface area (Å²) in [6.07, 6.45) is 2.54. The molecular formula is C10H17N2NaO4. The van der Waals surface area contributed by atoms with Crippen LogP contribution < -0.4 is 29.6 Å². The van der Waals surface area contributed by atoms with Crippen LogP contribution in [0.3, 0.4) is 0 Å². The number of carbonyl (C=O) groups is 2. The summed E-state index contributed by atoms with van der Waals surface area (Å²) in [6, 6.07) is 0. The number of hydroxylamine groups is 2. The van der Waals surface area contributed by atoms with E-state index < -0.39 is 17.9 Å². The predicted molar refractivity (Wildman–Crippen MR) is 57.9 cm³/mol. The van der Waals surface area contributed by atoms with Crippen molar-refractivity contribution in [3.8, 4) is 0 Å². The monoisotopic (exact) mass is 252 g/mol. The largest absolute Gasteiger partial charge is 1.00 e. The number of aliphatic imine (C=N–C) groups is 1. The first kappa shape index (κ1) is 16.4. The molecule has 0 saturated heterocycles. The molecule has 7 heteroatoms. The Labute approximate surface area is 124 Å². The molecule has 0 saturated carbocycles. The van der Waals surface area contributed by atoms with Crippen molar-refractivity contribution in [3.63, 3.8) is 0 Å². The summed E-state index contributed by atoms with van der Waals surface area (Å²) >= 11 is 0. The molecule has 1 heterocycles. The Kier molecular flexibility index (Phi) is 8.20. The topological polar surface area (TPSA) is 79.2 Å². The van der Waals surface area contributed by atoms with Gasteiger partial charge >= 0.3 is 41.5 Å². The zero-order valence-corrected chi connectivity index (χ0v) is 12.3. The van der Waals surface area contributed by atoms with E-state index in [-0.39, 0.29) is 37.4 Å². The molecule has 1 aliphatic heterocycles. The van der Waals surface area contributed by atoms with E-state index in [9.17, 15) is 9.59 Å². The molecule has 0 aromatic carbocycles. The first-order valence-electron chi connectivity index (χ1n) is 5.33. The number of hydrogen-bond acceptors (Lipinski definition) is 5.